The minimum absolute atomic E-state index is 0.147. The maximum atomic E-state index is 12.7. The number of allylic oxidation sites excluding steroid dienone is 2. The monoisotopic (exact) mass is 499 g/mol. The molecule has 0 spiro atoms. The van der Waals surface area contributed by atoms with E-state index in [9.17, 15) is 22.8 Å². The number of piperazine rings is 1. The van der Waals surface area contributed by atoms with Crippen molar-refractivity contribution < 1.29 is 27.5 Å². The van der Waals surface area contributed by atoms with Crippen LogP contribution in [-0.2, 0) is 9.53 Å². The second kappa shape index (κ2) is 9.41. The number of rotatable bonds is 4. The van der Waals surface area contributed by atoms with Gasteiger partial charge in [-0.15, -0.1) is 0 Å². The molecular weight excluding hydrogens is 479 g/mol. The van der Waals surface area contributed by atoms with Gasteiger partial charge in [-0.05, 0) is 12.1 Å². The quantitative estimate of drug-likeness (QED) is 0.568. The Balaban J connectivity index is 1.60. The summed E-state index contributed by atoms with van der Waals surface area (Å²) in [6.45, 7) is -1.32. The third-order valence-corrected chi connectivity index (χ3v) is 5.67. The van der Waals surface area contributed by atoms with Crippen molar-refractivity contribution in [3.05, 3.63) is 47.2 Å². The topological polar surface area (TPSA) is 112 Å². The number of carbonyl (C=O) groups is 2. The minimum Gasteiger partial charge on any atom is -0.453 e. The van der Waals surface area contributed by atoms with Gasteiger partial charge < -0.3 is 30.5 Å². The second-order valence-corrected chi connectivity index (χ2v) is 8.09. The van der Waals surface area contributed by atoms with Gasteiger partial charge in [-0.25, -0.2) is 14.8 Å². The summed E-state index contributed by atoms with van der Waals surface area (Å²) in [5, 5.41) is 8.63. The minimum atomic E-state index is -4.57. The predicted molar refractivity (Wildman–Crippen MR) is 116 cm³/mol. The molecule has 0 aromatic carbocycles. The maximum absolute atomic E-state index is 12.7. The summed E-state index contributed by atoms with van der Waals surface area (Å²) in [6, 6.07) is 0.441. The molecule has 1 aromatic rings. The molecule has 34 heavy (non-hydrogen) atoms. The van der Waals surface area contributed by atoms with Gasteiger partial charge in [0.2, 0.25) is 5.91 Å². The first kappa shape index (κ1) is 23.7. The van der Waals surface area contributed by atoms with E-state index in [0.717, 1.165) is 5.57 Å². The molecule has 4 rings (SSSR count). The van der Waals surface area contributed by atoms with E-state index in [0.29, 0.717) is 22.2 Å². The first-order valence-electron chi connectivity index (χ1n) is 10.2. The Hall–Kier alpha value is -3.48. The van der Waals surface area contributed by atoms with Crippen LogP contribution in [0.5, 0.6) is 0 Å². The molecule has 0 aliphatic carbocycles. The molecule has 14 heteroatoms. The van der Waals surface area contributed by atoms with Crippen molar-refractivity contribution >= 4 is 35.0 Å². The van der Waals surface area contributed by atoms with Crippen LogP contribution < -0.4 is 20.9 Å². The number of halogens is 4. The lowest BCUT2D eigenvalue weighted by Gasteiger charge is -2.40. The molecule has 0 saturated carbocycles. The SMILES string of the molecule is COC(=O)N1CCN(c2ccnc(C3=CNC4NC=C(Cl)C=C34)n2)[C@@H](C(=O)NCC(F)(F)F)C1. The van der Waals surface area contributed by atoms with Gasteiger partial charge in [0, 0.05) is 42.8 Å². The number of aromatic nitrogens is 2. The van der Waals surface area contributed by atoms with E-state index in [4.69, 9.17) is 16.3 Å². The van der Waals surface area contributed by atoms with Crippen LogP contribution in [0.15, 0.2) is 41.3 Å². The molecule has 4 heterocycles. The Morgan fingerprint density at radius 3 is 2.79 bits per heavy atom. The molecule has 3 N–H and O–H groups in total. The lowest BCUT2D eigenvalue weighted by molar-refractivity contribution is -0.139. The van der Waals surface area contributed by atoms with Gasteiger partial charge in [-0.3, -0.25) is 4.79 Å². The van der Waals surface area contributed by atoms with E-state index in [1.54, 1.807) is 29.4 Å². The van der Waals surface area contributed by atoms with Gasteiger partial charge in [-0.1, -0.05) is 11.6 Å². The highest BCUT2D eigenvalue weighted by Gasteiger charge is 2.38. The summed E-state index contributed by atoms with van der Waals surface area (Å²) in [7, 11) is 1.19. The average molecular weight is 500 g/mol. The molecule has 1 aromatic heterocycles. The van der Waals surface area contributed by atoms with Crippen molar-refractivity contribution in [2.75, 3.05) is 38.2 Å². The van der Waals surface area contributed by atoms with Crippen molar-refractivity contribution in [3.63, 3.8) is 0 Å². The van der Waals surface area contributed by atoms with Crippen LogP contribution in [0.3, 0.4) is 0 Å². The summed E-state index contributed by atoms with van der Waals surface area (Å²) >= 11 is 6.11. The zero-order chi connectivity index (χ0) is 24.5. The van der Waals surface area contributed by atoms with Gasteiger partial charge in [-0.2, -0.15) is 13.2 Å². The second-order valence-electron chi connectivity index (χ2n) is 7.65. The standard InChI is InChI=1S/C20H21ClF3N7O3/c1-34-19(33)30-4-5-31(14(9-30)18(32)28-10-20(22,23)24)15-2-3-25-17(29-15)13-8-27-16-12(13)6-11(21)7-26-16/h2-3,6-8,14,16,26-27H,4-5,9-10H2,1H3,(H,28,32)/t14-,16?/m1/s1. The molecule has 0 radical (unpaired) electrons. The van der Waals surface area contributed by atoms with Crippen LogP contribution in [-0.4, -0.2) is 78.5 Å². The van der Waals surface area contributed by atoms with Crippen molar-refractivity contribution in [1.82, 2.24) is 30.8 Å². The summed E-state index contributed by atoms with van der Waals surface area (Å²) in [5.41, 5.74) is 1.50. The molecule has 2 atom stereocenters. The number of fused-ring (bicyclic) bond motifs is 1. The zero-order valence-electron chi connectivity index (χ0n) is 17.9. The molecule has 1 saturated heterocycles. The van der Waals surface area contributed by atoms with Crippen LogP contribution >= 0.6 is 11.6 Å². The Bertz CT molecular complexity index is 1080. The van der Waals surface area contributed by atoms with Crippen LogP contribution in [0.1, 0.15) is 5.82 Å². The average Bonchev–Trinajstić information content (AvgIpc) is 3.24. The number of methoxy groups -OCH3 is 1. The lowest BCUT2D eigenvalue weighted by atomic mass is 10.0. The number of hydrogen-bond acceptors (Lipinski definition) is 8. The number of amides is 2. The summed E-state index contributed by atoms with van der Waals surface area (Å²) in [5.74, 6) is -0.210. The fraction of sp³-hybridized carbons (Fsp3) is 0.400. The van der Waals surface area contributed by atoms with Crippen LogP contribution in [0.4, 0.5) is 23.8 Å². The van der Waals surface area contributed by atoms with E-state index in [1.165, 1.54) is 18.2 Å². The fourth-order valence-electron chi connectivity index (χ4n) is 3.86. The van der Waals surface area contributed by atoms with E-state index in [2.05, 4.69) is 20.6 Å². The summed E-state index contributed by atoms with van der Waals surface area (Å²) < 4.78 is 42.8. The third-order valence-electron chi connectivity index (χ3n) is 5.45. The van der Waals surface area contributed by atoms with E-state index in [-0.39, 0.29) is 25.8 Å². The Morgan fingerprint density at radius 1 is 1.29 bits per heavy atom. The van der Waals surface area contributed by atoms with Crippen molar-refractivity contribution in [1.29, 1.82) is 0 Å². The van der Waals surface area contributed by atoms with Gasteiger partial charge >= 0.3 is 12.3 Å². The first-order valence-corrected chi connectivity index (χ1v) is 10.6. The summed E-state index contributed by atoms with van der Waals surface area (Å²) in [4.78, 5) is 36.4. The zero-order valence-corrected chi connectivity index (χ0v) is 18.7. The molecule has 3 aliphatic rings. The Labute approximate surface area is 197 Å². The Morgan fingerprint density at radius 2 is 2.06 bits per heavy atom. The van der Waals surface area contributed by atoms with E-state index >= 15 is 0 Å². The molecule has 182 valence electrons. The molecule has 0 bridgehead atoms. The number of alkyl halides is 3. The number of hydrogen-bond donors (Lipinski definition) is 3. The molecular formula is C20H21ClF3N7O3. The molecule has 3 aliphatic heterocycles. The highest BCUT2D eigenvalue weighted by Crippen LogP contribution is 2.31. The fourth-order valence-corrected chi connectivity index (χ4v) is 4.04. The molecule has 1 fully saturated rings. The highest BCUT2D eigenvalue weighted by molar-refractivity contribution is 6.31. The number of ether oxygens (including phenoxy) is 1. The van der Waals surface area contributed by atoms with Gasteiger partial charge in [0.25, 0.3) is 0 Å². The number of nitrogens with one attached hydrogen (secondary N) is 3. The number of carbonyl (C=O) groups excluding carboxylic acids is 2. The van der Waals surface area contributed by atoms with Crippen molar-refractivity contribution in [2.45, 2.75) is 18.4 Å². The van der Waals surface area contributed by atoms with Gasteiger partial charge in [0.15, 0.2) is 5.82 Å². The first-order chi connectivity index (χ1) is 16.2. The third kappa shape index (κ3) is 5.03. The highest BCUT2D eigenvalue weighted by atomic mass is 35.5. The van der Waals surface area contributed by atoms with Gasteiger partial charge in [0.05, 0.1) is 18.7 Å². The Kier molecular flexibility index (Phi) is 6.55. The number of nitrogens with zero attached hydrogens (tertiary/aromatic N) is 4. The number of dihydropyridines is 1. The van der Waals surface area contributed by atoms with Crippen LogP contribution in [0.25, 0.3) is 5.57 Å². The van der Waals surface area contributed by atoms with Crippen molar-refractivity contribution in [2.24, 2.45) is 0 Å². The maximum Gasteiger partial charge on any atom is 0.409 e. The largest absolute Gasteiger partial charge is 0.453 e. The van der Waals surface area contributed by atoms with Crippen molar-refractivity contribution in [3.8, 4) is 0 Å². The molecule has 1 unspecified atom stereocenters. The van der Waals surface area contributed by atoms with E-state index < -0.39 is 30.8 Å². The predicted octanol–water partition coefficient (Wildman–Crippen LogP) is 1.29. The van der Waals surface area contributed by atoms with Crippen LogP contribution in [0.2, 0.25) is 0 Å². The van der Waals surface area contributed by atoms with Gasteiger partial charge in [0.1, 0.15) is 24.6 Å². The summed E-state index contributed by atoms with van der Waals surface area (Å²) in [6.07, 6.45) is 1.21. The van der Waals surface area contributed by atoms with E-state index in [1.807, 2.05) is 5.32 Å². The normalized spacial score (nSPS) is 22.0. The lowest BCUT2D eigenvalue weighted by Crippen LogP contribution is -2.61. The van der Waals surface area contributed by atoms with Crippen LogP contribution in [0, 0.1) is 0 Å². The molecule has 10 nitrogen and oxygen atoms in total. The smallest absolute Gasteiger partial charge is 0.409 e. The number of anilines is 1. The molecule has 2 amide bonds.